The summed E-state index contributed by atoms with van der Waals surface area (Å²) in [6.07, 6.45) is -5.58. The molecule has 0 aromatic heterocycles. The van der Waals surface area contributed by atoms with Crippen LogP contribution in [0.2, 0.25) is 0 Å². The van der Waals surface area contributed by atoms with Crippen molar-refractivity contribution in [3.8, 4) is 0 Å². The van der Waals surface area contributed by atoms with Gasteiger partial charge >= 0.3 is 12.1 Å². The van der Waals surface area contributed by atoms with Gasteiger partial charge in [-0.1, -0.05) is 6.07 Å². The van der Waals surface area contributed by atoms with Crippen molar-refractivity contribution >= 4 is 5.69 Å². The van der Waals surface area contributed by atoms with E-state index in [1.165, 1.54) is 0 Å². The third kappa shape index (κ3) is 4.04. The highest BCUT2D eigenvalue weighted by Gasteiger charge is 2.57. The van der Waals surface area contributed by atoms with E-state index in [1.54, 1.807) is 6.07 Å². The summed E-state index contributed by atoms with van der Waals surface area (Å²) in [7, 11) is 0. The zero-order chi connectivity index (χ0) is 15.5. The highest BCUT2D eigenvalue weighted by atomic mass is 19.4. The molecular weight excluding hydrogens is 297 g/mol. The van der Waals surface area contributed by atoms with Gasteiger partial charge < -0.3 is 14.8 Å². The van der Waals surface area contributed by atoms with Crippen molar-refractivity contribution < 1.29 is 31.4 Å². The van der Waals surface area contributed by atoms with Crippen molar-refractivity contribution in [1.82, 2.24) is 0 Å². The number of ether oxygens (including phenoxy) is 2. The summed E-state index contributed by atoms with van der Waals surface area (Å²) in [5, 5.41) is 2.89. The molecule has 1 aliphatic heterocycles. The second kappa shape index (κ2) is 6.15. The minimum absolute atomic E-state index is 0.133. The molecule has 0 saturated heterocycles. The van der Waals surface area contributed by atoms with Gasteiger partial charge in [0.25, 0.3) is 0 Å². The third-order valence-electron chi connectivity index (χ3n) is 2.99. The van der Waals surface area contributed by atoms with Crippen LogP contribution in [0.5, 0.6) is 0 Å². The van der Waals surface area contributed by atoms with Crippen molar-refractivity contribution in [1.29, 1.82) is 0 Å². The molecule has 0 saturated carbocycles. The average molecular weight is 311 g/mol. The van der Waals surface area contributed by atoms with Crippen LogP contribution in [-0.4, -0.2) is 31.9 Å². The maximum atomic E-state index is 12.5. The van der Waals surface area contributed by atoms with Crippen molar-refractivity contribution in [3.05, 3.63) is 29.3 Å². The fraction of sp³-hybridized carbons (Fsp3) is 0.538. The first-order valence-electron chi connectivity index (χ1n) is 6.25. The summed E-state index contributed by atoms with van der Waals surface area (Å²) in [6, 6.07) is 5.52. The van der Waals surface area contributed by atoms with E-state index in [0.717, 1.165) is 16.8 Å². The molecule has 0 radical (unpaired) electrons. The molecule has 0 fully saturated rings. The molecule has 1 heterocycles. The zero-order valence-corrected chi connectivity index (χ0v) is 11.0. The molecule has 1 N–H and O–H groups in total. The van der Waals surface area contributed by atoms with Gasteiger partial charge in [0.2, 0.25) is 0 Å². The van der Waals surface area contributed by atoms with Gasteiger partial charge in [0.15, 0.2) is 0 Å². The van der Waals surface area contributed by atoms with Gasteiger partial charge in [0, 0.05) is 12.2 Å². The van der Waals surface area contributed by atoms with Crippen molar-refractivity contribution in [2.24, 2.45) is 0 Å². The van der Waals surface area contributed by atoms with E-state index >= 15 is 0 Å². The number of halogens is 5. The highest BCUT2D eigenvalue weighted by Crippen LogP contribution is 2.35. The normalized spacial score (nSPS) is 15.1. The summed E-state index contributed by atoms with van der Waals surface area (Å²) in [6.45, 7) is -0.715. The highest BCUT2D eigenvalue weighted by molar-refractivity contribution is 5.49. The minimum Gasteiger partial charge on any atom is -0.383 e. The maximum Gasteiger partial charge on any atom is 0.455 e. The lowest BCUT2D eigenvalue weighted by atomic mass is 10.1. The van der Waals surface area contributed by atoms with E-state index in [0.29, 0.717) is 13.2 Å². The molecule has 0 bridgehead atoms. The SMILES string of the molecule is FC(F)(F)C(F)(F)COCCNc1ccc2c(c1)COC2. The molecule has 2 rings (SSSR count). The molecule has 0 spiro atoms. The Hall–Kier alpha value is -1.41. The van der Waals surface area contributed by atoms with E-state index in [1.807, 2.05) is 12.1 Å². The summed E-state index contributed by atoms with van der Waals surface area (Å²) in [4.78, 5) is 0. The van der Waals surface area contributed by atoms with Crippen LogP contribution in [0.4, 0.5) is 27.6 Å². The van der Waals surface area contributed by atoms with E-state index in [9.17, 15) is 22.0 Å². The molecule has 8 heteroatoms. The van der Waals surface area contributed by atoms with Crippen LogP contribution in [0.3, 0.4) is 0 Å². The molecule has 0 atom stereocenters. The Bertz CT molecular complexity index is 490. The molecule has 118 valence electrons. The zero-order valence-electron chi connectivity index (χ0n) is 11.0. The monoisotopic (exact) mass is 311 g/mol. The first-order valence-corrected chi connectivity index (χ1v) is 6.25. The smallest absolute Gasteiger partial charge is 0.383 e. The van der Waals surface area contributed by atoms with E-state index in [4.69, 9.17) is 4.74 Å². The largest absolute Gasteiger partial charge is 0.455 e. The van der Waals surface area contributed by atoms with Gasteiger partial charge in [0.1, 0.15) is 6.61 Å². The molecule has 0 aliphatic carbocycles. The quantitative estimate of drug-likeness (QED) is 0.645. The van der Waals surface area contributed by atoms with Gasteiger partial charge in [0.05, 0.1) is 19.8 Å². The van der Waals surface area contributed by atoms with Gasteiger partial charge in [-0.2, -0.15) is 22.0 Å². The molecule has 21 heavy (non-hydrogen) atoms. The molecule has 0 unspecified atom stereocenters. The summed E-state index contributed by atoms with van der Waals surface area (Å²) in [5.41, 5.74) is 2.86. The Balaban J connectivity index is 1.71. The lowest BCUT2D eigenvalue weighted by Crippen LogP contribution is -2.41. The Kier molecular flexibility index (Phi) is 4.67. The van der Waals surface area contributed by atoms with Crippen molar-refractivity contribution in [3.63, 3.8) is 0 Å². The number of alkyl halides is 5. The van der Waals surface area contributed by atoms with Crippen LogP contribution in [0.1, 0.15) is 11.1 Å². The first-order chi connectivity index (χ1) is 9.79. The lowest BCUT2D eigenvalue weighted by Gasteiger charge is -2.19. The van der Waals surface area contributed by atoms with Crippen molar-refractivity contribution in [2.45, 2.75) is 25.3 Å². The number of fused-ring (bicyclic) bond motifs is 1. The fourth-order valence-electron chi connectivity index (χ4n) is 1.83. The second-order valence-electron chi connectivity index (χ2n) is 4.66. The molecule has 1 aliphatic rings. The summed E-state index contributed by atoms with van der Waals surface area (Å²) >= 11 is 0. The number of hydrogen-bond donors (Lipinski definition) is 1. The third-order valence-corrected chi connectivity index (χ3v) is 2.99. The number of nitrogens with one attached hydrogen (secondary N) is 1. The van der Waals surface area contributed by atoms with Gasteiger partial charge in [-0.05, 0) is 23.3 Å². The van der Waals surface area contributed by atoms with Crippen LogP contribution >= 0.6 is 0 Å². The topological polar surface area (TPSA) is 30.5 Å². The standard InChI is InChI=1S/C13H14F5NO2/c14-12(15,13(16,17)18)8-20-4-3-19-11-2-1-9-6-21-7-10(9)5-11/h1-2,5,19H,3-4,6-8H2. The average Bonchev–Trinajstić information content (AvgIpc) is 2.84. The van der Waals surface area contributed by atoms with Gasteiger partial charge in [-0.25, -0.2) is 0 Å². The molecule has 3 nitrogen and oxygen atoms in total. The number of hydrogen-bond acceptors (Lipinski definition) is 3. The van der Waals surface area contributed by atoms with E-state index < -0.39 is 18.7 Å². The Labute approximate surface area is 118 Å². The predicted octanol–water partition coefficient (Wildman–Crippen LogP) is 3.34. The van der Waals surface area contributed by atoms with Crippen LogP contribution in [-0.2, 0) is 22.7 Å². The Morgan fingerprint density at radius 1 is 1.10 bits per heavy atom. The van der Waals surface area contributed by atoms with Crippen molar-refractivity contribution in [2.75, 3.05) is 25.1 Å². The Morgan fingerprint density at radius 3 is 2.52 bits per heavy atom. The molecule has 1 aromatic rings. The minimum atomic E-state index is -5.58. The fourth-order valence-corrected chi connectivity index (χ4v) is 1.83. The lowest BCUT2D eigenvalue weighted by molar-refractivity contribution is -0.296. The first kappa shape index (κ1) is 16.0. The van der Waals surface area contributed by atoms with Crippen LogP contribution in [0, 0.1) is 0 Å². The van der Waals surface area contributed by atoms with Gasteiger partial charge in [-0.15, -0.1) is 0 Å². The second-order valence-corrected chi connectivity index (χ2v) is 4.66. The summed E-state index contributed by atoms with van der Waals surface area (Å²) < 4.78 is 70.3. The molecule has 0 amide bonds. The van der Waals surface area contributed by atoms with Crippen LogP contribution in [0.25, 0.3) is 0 Å². The number of benzene rings is 1. The van der Waals surface area contributed by atoms with Crippen LogP contribution < -0.4 is 5.32 Å². The summed E-state index contributed by atoms with van der Waals surface area (Å²) in [5.74, 6) is -4.82. The number of anilines is 1. The number of rotatable bonds is 6. The maximum absolute atomic E-state index is 12.5. The van der Waals surface area contributed by atoms with E-state index in [2.05, 4.69) is 10.1 Å². The molecule has 1 aromatic carbocycles. The van der Waals surface area contributed by atoms with E-state index in [-0.39, 0.29) is 13.2 Å². The Morgan fingerprint density at radius 2 is 1.81 bits per heavy atom. The van der Waals surface area contributed by atoms with Gasteiger partial charge in [-0.3, -0.25) is 0 Å². The van der Waals surface area contributed by atoms with Crippen LogP contribution in [0.15, 0.2) is 18.2 Å². The molecular formula is C13H14F5NO2. The predicted molar refractivity (Wildman–Crippen MR) is 65.2 cm³/mol.